The van der Waals surface area contributed by atoms with Crippen LogP contribution in [0.1, 0.15) is 34.3 Å². The number of aliphatic hydroxyl groups is 1. The normalized spacial score (nSPS) is 11.6. The predicted octanol–water partition coefficient (Wildman–Crippen LogP) is 4.74. The molecule has 0 heterocycles. The number of benzene rings is 2. The molecule has 0 saturated carbocycles. The summed E-state index contributed by atoms with van der Waals surface area (Å²) in [7, 11) is 1.51. The minimum Gasteiger partial charge on any atom is -0.496 e. The summed E-state index contributed by atoms with van der Waals surface area (Å²) in [5, 5.41) is 8.66. The summed E-state index contributed by atoms with van der Waals surface area (Å²) in [5.41, 5.74) is 1.84. The van der Waals surface area contributed by atoms with Crippen molar-refractivity contribution in [3.05, 3.63) is 59.2 Å². The summed E-state index contributed by atoms with van der Waals surface area (Å²) in [6.07, 6.45) is -0.460. The lowest BCUT2D eigenvalue weighted by atomic mass is 10.0. The van der Waals surface area contributed by atoms with Gasteiger partial charge in [0.25, 0.3) is 0 Å². The Balaban J connectivity index is 2.06. The zero-order valence-electron chi connectivity index (χ0n) is 16.4. The van der Waals surface area contributed by atoms with Gasteiger partial charge in [-0.1, -0.05) is 24.3 Å². The van der Waals surface area contributed by atoms with E-state index in [1.807, 2.05) is 0 Å². The highest BCUT2D eigenvalue weighted by atomic mass is 19.4. The van der Waals surface area contributed by atoms with Gasteiger partial charge in [-0.25, -0.2) is 0 Å². The summed E-state index contributed by atoms with van der Waals surface area (Å²) >= 11 is 0. The largest absolute Gasteiger partial charge is 0.573 e. The Labute approximate surface area is 172 Å². The van der Waals surface area contributed by atoms with E-state index in [0.29, 0.717) is 41.9 Å². The predicted molar refractivity (Wildman–Crippen MR) is 107 cm³/mol. The number of alkyl halides is 3. The van der Waals surface area contributed by atoms with Crippen molar-refractivity contribution >= 4 is 17.9 Å². The molecule has 0 aliphatic heterocycles. The van der Waals surface area contributed by atoms with Gasteiger partial charge in [-0.3, -0.25) is 4.79 Å². The summed E-state index contributed by atoms with van der Waals surface area (Å²) in [5.74, 6) is 0.215. The maximum atomic E-state index is 12.4. The van der Waals surface area contributed by atoms with E-state index in [4.69, 9.17) is 14.6 Å². The van der Waals surface area contributed by atoms with E-state index in [9.17, 15) is 18.0 Å². The summed E-state index contributed by atoms with van der Waals surface area (Å²) in [6.45, 7) is 0.582. The Morgan fingerprint density at radius 1 is 1.07 bits per heavy atom. The smallest absolute Gasteiger partial charge is 0.496 e. The van der Waals surface area contributed by atoms with Gasteiger partial charge < -0.3 is 19.3 Å². The number of hydrogen-bond acceptors (Lipinski definition) is 5. The van der Waals surface area contributed by atoms with Crippen molar-refractivity contribution in [2.75, 3.05) is 26.9 Å². The van der Waals surface area contributed by atoms with E-state index in [-0.39, 0.29) is 24.7 Å². The Kier molecular flexibility index (Phi) is 8.89. The van der Waals surface area contributed by atoms with Gasteiger partial charge in [-0.2, -0.15) is 0 Å². The van der Waals surface area contributed by atoms with Crippen LogP contribution < -0.4 is 9.47 Å². The van der Waals surface area contributed by atoms with E-state index in [1.54, 1.807) is 30.4 Å². The molecule has 0 saturated heterocycles. The van der Waals surface area contributed by atoms with Crippen molar-refractivity contribution in [2.24, 2.45) is 0 Å². The van der Waals surface area contributed by atoms with E-state index in [2.05, 4.69) is 4.74 Å². The molecular formula is C22H23F3O5. The summed E-state index contributed by atoms with van der Waals surface area (Å²) in [4.78, 5) is 12.4. The molecule has 0 aliphatic carbocycles. The maximum absolute atomic E-state index is 12.4. The molecule has 0 aromatic heterocycles. The molecule has 2 rings (SSSR count). The molecule has 2 aromatic carbocycles. The van der Waals surface area contributed by atoms with Gasteiger partial charge in [0.2, 0.25) is 0 Å². The van der Waals surface area contributed by atoms with E-state index < -0.39 is 6.36 Å². The van der Waals surface area contributed by atoms with Crippen LogP contribution in [0.5, 0.6) is 11.5 Å². The molecule has 162 valence electrons. The number of methoxy groups -OCH3 is 1. The average Bonchev–Trinajstić information content (AvgIpc) is 2.71. The lowest BCUT2D eigenvalue weighted by Gasteiger charge is -2.09. The van der Waals surface area contributed by atoms with Crippen molar-refractivity contribution in [3.8, 4) is 11.5 Å². The van der Waals surface area contributed by atoms with Crippen LogP contribution in [0.25, 0.3) is 12.2 Å². The highest BCUT2D eigenvalue weighted by molar-refractivity contribution is 5.97. The summed E-state index contributed by atoms with van der Waals surface area (Å²) < 4.78 is 51.0. The fraction of sp³-hybridized carbons (Fsp3) is 0.318. The van der Waals surface area contributed by atoms with Gasteiger partial charge in [0.15, 0.2) is 5.78 Å². The number of ketones is 1. The molecule has 1 N–H and O–H groups in total. The lowest BCUT2D eigenvalue weighted by molar-refractivity contribution is -0.274. The fourth-order valence-electron chi connectivity index (χ4n) is 2.65. The van der Waals surface area contributed by atoms with Crippen molar-refractivity contribution in [2.45, 2.75) is 19.2 Å². The monoisotopic (exact) mass is 424 g/mol. The number of carbonyl (C=O) groups excluding carboxylic acids is 1. The van der Waals surface area contributed by atoms with Crippen LogP contribution in [-0.2, 0) is 4.74 Å². The molecule has 0 bridgehead atoms. The highest BCUT2D eigenvalue weighted by Gasteiger charge is 2.30. The quantitative estimate of drug-likeness (QED) is 0.321. The van der Waals surface area contributed by atoms with Gasteiger partial charge in [0, 0.05) is 24.2 Å². The van der Waals surface area contributed by atoms with E-state index >= 15 is 0 Å². The number of Topliss-reactive ketones (excluding diaryl/α,β-unsaturated/α-hetero) is 1. The third kappa shape index (κ3) is 7.88. The second-order valence-corrected chi connectivity index (χ2v) is 6.27. The molecule has 0 amide bonds. The van der Waals surface area contributed by atoms with Crippen LogP contribution in [0.4, 0.5) is 13.2 Å². The first kappa shape index (κ1) is 23.4. The van der Waals surface area contributed by atoms with E-state index in [0.717, 1.165) is 0 Å². The van der Waals surface area contributed by atoms with Gasteiger partial charge in [-0.05, 0) is 42.3 Å². The van der Waals surface area contributed by atoms with Crippen molar-refractivity contribution in [1.29, 1.82) is 0 Å². The third-order valence-corrected chi connectivity index (χ3v) is 4.05. The van der Waals surface area contributed by atoms with Gasteiger partial charge >= 0.3 is 6.36 Å². The van der Waals surface area contributed by atoms with Crippen LogP contribution >= 0.6 is 0 Å². The van der Waals surface area contributed by atoms with Crippen LogP contribution in [0.3, 0.4) is 0 Å². The molecule has 0 aliphatic rings. The third-order valence-electron chi connectivity index (χ3n) is 4.05. The van der Waals surface area contributed by atoms with Crippen LogP contribution in [0, 0.1) is 0 Å². The Hall–Kier alpha value is -2.84. The lowest BCUT2D eigenvalue weighted by Crippen LogP contribution is -2.16. The summed E-state index contributed by atoms with van der Waals surface area (Å²) in [6, 6.07) is 10.5. The molecule has 2 aromatic rings. The van der Waals surface area contributed by atoms with E-state index in [1.165, 1.54) is 31.4 Å². The Morgan fingerprint density at radius 2 is 1.80 bits per heavy atom. The molecular weight excluding hydrogens is 401 g/mol. The molecule has 8 heteroatoms. The number of carbonyl (C=O) groups is 1. The molecule has 0 unspecified atom stereocenters. The van der Waals surface area contributed by atoms with Crippen molar-refractivity contribution in [1.82, 2.24) is 0 Å². The van der Waals surface area contributed by atoms with Crippen LogP contribution in [0.2, 0.25) is 0 Å². The number of ether oxygens (including phenoxy) is 3. The molecule has 30 heavy (non-hydrogen) atoms. The fourth-order valence-corrected chi connectivity index (χ4v) is 2.65. The number of aliphatic hydroxyl groups excluding tert-OH is 1. The first-order valence-electron chi connectivity index (χ1n) is 9.26. The molecule has 0 atom stereocenters. The number of halogens is 3. The van der Waals surface area contributed by atoms with Crippen LogP contribution in [0.15, 0.2) is 42.5 Å². The second-order valence-electron chi connectivity index (χ2n) is 6.27. The molecule has 0 spiro atoms. The van der Waals surface area contributed by atoms with Crippen LogP contribution in [-0.4, -0.2) is 44.2 Å². The standard InChI is InChI=1S/C22H23F3O5/c1-28-21-11-8-17(20(27)3-2-13-29-14-12-26)15-18(21)7-4-16-5-9-19(10-6-16)30-22(23,24)25/h4-11,15,26H,2-3,12-14H2,1H3/b7-4+. The van der Waals surface area contributed by atoms with Crippen molar-refractivity contribution < 1.29 is 37.3 Å². The number of rotatable bonds is 11. The highest BCUT2D eigenvalue weighted by Crippen LogP contribution is 2.25. The minimum atomic E-state index is -4.73. The topological polar surface area (TPSA) is 65.0 Å². The first-order valence-corrected chi connectivity index (χ1v) is 9.26. The van der Waals surface area contributed by atoms with Gasteiger partial charge in [0.05, 0.1) is 20.3 Å². The van der Waals surface area contributed by atoms with Gasteiger partial charge in [0.1, 0.15) is 11.5 Å². The minimum absolute atomic E-state index is 0.0476. The number of hydrogen-bond donors (Lipinski definition) is 1. The first-order chi connectivity index (χ1) is 14.3. The maximum Gasteiger partial charge on any atom is 0.573 e. The average molecular weight is 424 g/mol. The molecule has 5 nitrogen and oxygen atoms in total. The Morgan fingerprint density at radius 3 is 2.43 bits per heavy atom. The second kappa shape index (κ2) is 11.4. The molecule has 0 fully saturated rings. The van der Waals surface area contributed by atoms with Crippen molar-refractivity contribution in [3.63, 3.8) is 0 Å². The molecule has 0 radical (unpaired) electrons. The SMILES string of the molecule is COc1ccc(C(=O)CCCOCCO)cc1/C=C/c1ccc(OC(F)(F)F)cc1. The zero-order valence-corrected chi connectivity index (χ0v) is 16.4. The zero-order chi connectivity index (χ0) is 22.0. The van der Waals surface area contributed by atoms with Gasteiger partial charge in [-0.15, -0.1) is 13.2 Å². The Bertz CT molecular complexity index is 845.